The van der Waals surface area contributed by atoms with Crippen molar-refractivity contribution >= 4 is 5.97 Å². The summed E-state index contributed by atoms with van der Waals surface area (Å²) in [6.45, 7) is 4.22. The number of nitrogens with two attached hydrogens (primary N) is 1. The van der Waals surface area contributed by atoms with E-state index in [1.807, 2.05) is 13.8 Å². The van der Waals surface area contributed by atoms with Gasteiger partial charge in [0.1, 0.15) is 0 Å². The minimum atomic E-state index is -0.152. The number of carbonyl (C=O) groups is 1. The minimum absolute atomic E-state index is 0.00901. The highest BCUT2D eigenvalue weighted by Gasteiger charge is 2.02. The third-order valence-corrected chi connectivity index (χ3v) is 0.952. The molecular formula is C7H15NO2. The van der Waals surface area contributed by atoms with Gasteiger partial charge < -0.3 is 10.5 Å². The van der Waals surface area contributed by atoms with Crippen LogP contribution in [0, 0.1) is 0 Å². The fraction of sp³-hybridized carbons (Fsp3) is 0.857. The molecule has 2 N–H and O–H groups in total. The van der Waals surface area contributed by atoms with E-state index in [9.17, 15) is 4.79 Å². The first-order chi connectivity index (χ1) is 4.66. The van der Waals surface area contributed by atoms with Gasteiger partial charge in [-0.2, -0.15) is 0 Å². The van der Waals surface area contributed by atoms with Crippen LogP contribution >= 0.6 is 0 Å². The highest BCUT2D eigenvalue weighted by Crippen LogP contribution is 1.94. The van der Waals surface area contributed by atoms with E-state index in [1.165, 1.54) is 0 Å². The highest BCUT2D eigenvalue weighted by atomic mass is 16.5. The summed E-state index contributed by atoms with van der Waals surface area (Å²) in [5.74, 6) is -0.152. The van der Waals surface area contributed by atoms with Gasteiger partial charge in [-0.3, -0.25) is 4.79 Å². The van der Waals surface area contributed by atoms with Crippen LogP contribution in [0.25, 0.3) is 0 Å². The van der Waals surface area contributed by atoms with Gasteiger partial charge in [0.25, 0.3) is 0 Å². The number of carbonyl (C=O) groups excluding carboxylic acids is 1. The Kier molecular flexibility index (Phi) is 4.94. The van der Waals surface area contributed by atoms with E-state index >= 15 is 0 Å². The van der Waals surface area contributed by atoms with Crippen LogP contribution in [-0.2, 0) is 9.53 Å². The van der Waals surface area contributed by atoms with Gasteiger partial charge in [0, 0.05) is 6.42 Å². The second-order valence-corrected chi connectivity index (χ2v) is 2.43. The summed E-state index contributed by atoms with van der Waals surface area (Å²) >= 11 is 0. The molecule has 0 saturated carbocycles. The van der Waals surface area contributed by atoms with Crippen molar-refractivity contribution in [2.45, 2.75) is 32.8 Å². The Morgan fingerprint density at radius 3 is 2.60 bits per heavy atom. The van der Waals surface area contributed by atoms with Crippen molar-refractivity contribution < 1.29 is 9.53 Å². The summed E-state index contributed by atoms with van der Waals surface area (Å²) in [6, 6.07) is 0. The molecule has 3 heteroatoms. The lowest BCUT2D eigenvalue weighted by Gasteiger charge is -2.06. The first-order valence-electron chi connectivity index (χ1n) is 3.56. The predicted octanol–water partition coefficient (Wildman–Crippen LogP) is 0.677. The molecule has 0 aromatic heterocycles. The van der Waals surface area contributed by atoms with Gasteiger partial charge in [0.15, 0.2) is 0 Å². The fourth-order valence-corrected chi connectivity index (χ4v) is 0.568. The highest BCUT2D eigenvalue weighted by molar-refractivity contribution is 5.69. The van der Waals surface area contributed by atoms with Crippen LogP contribution in [0.1, 0.15) is 26.7 Å². The number of rotatable bonds is 4. The molecule has 3 nitrogen and oxygen atoms in total. The van der Waals surface area contributed by atoms with Gasteiger partial charge in [0.2, 0.25) is 0 Å². The average molecular weight is 145 g/mol. The maximum Gasteiger partial charge on any atom is 0.306 e. The normalized spacial score (nSPS) is 10.0. The summed E-state index contributed by atoms with van der Waals surface area (Å²) < 4.78 is 4.86. The van der Waals surface area contributed by atoms with Crippen LogP contribution in [0.2, 0.25) is 0 Å². The lowest BCUT2D eigenvalue weighted by atomic mass is 10.3. The molecule has 0 aliphatic carbocycles. The number of esters is 1. The molecule has 0 amide bonds. The standard InChI is InChI=1S/C7H15NO2/c1-6(2)10-7(9)4-3-5-8/h6H,3-5,8H2,1-2H3. The third kappa shape index (κ3) is 5.56. The van der Waals surface area contributed by atoms with E-state index in [-0.39, 0.29) is 12.1 Å². The van der Waals surface area contributed by atoms with Crippen molar-refractivity contribution in [2.24, 2.45) is 5.73 Å². The molecule has 0 aromatic carbocycles. The molecule has 0 aliphatic rings. The lowest BCUT2D eigenvalue weighted by molar-refractivity contribution is -0.147. The van der Waals surface area contributed by atoms with Gasteiger partial charge in [-0.15, -0.1) is 0 Å². The Hall–Kier alpha value is -0.570. The van der Waals surface area contributed by atoms with E-state index in [2.05, 4.69) is 0 Å². The molecule has 0 atom stereocenters. The van der Waals surface area contributed by atoms with E-state index in [0.717, 1.165) is 0 Å². The van der Waals surface area contributed by atoms with Gasteiger partial charge in [-0.1, -0.05) is 0 Å². The summed E-state index contributed by atoms with van der Waals surface area (Å²) in [7, 11) is 0. The van der Waals surface area contributed by atoms with E-state index < -0.39 is 0 Å². The second kappa shape index (κ2) is 5.23. The van der Waals surface area contributed by atoms with Crippen molar-refractivity contribution in [3.63, 3.8) is 0 Å². The molecule has 0 aromatic rings. The Bertz CT molecular complexity index is 102. The molecule has 0 rings (SSSR count). The van der Waals surface area contributed by atoms with Crippen LogP contribution in [-0.4, -0.2) is 18.6 Å². The van der Waals surface area contributed by atoms with Crippen molar-refractivity contribution in [1.82, 2.24) is 0 Å². The molecule has 0 aliphatic heterocycles. The maximum absolute atomic E-state index is 10.7. The summed E-state index contributed by atoms with van der Waals surface area (Å²) in [6.07, 6.45) is 1.14. The molecular weight excluding hydrogens is 130 g/mol. The number of hydrogen-bond acceptors (Lipinski definition) is 3. The third-order valence-electron chi connectivity index (χ3n) is 0.952. The Labute approximate surface area is 61.5 Å². The molecule has 0 bridgehead atoms. The predicted molar refractivity (Wildman–Crippen MR) is 39.5 cm³/mol. The molecule has 0 fully saturated rings. The SMILES string of the molecule is CC(C)OC(=O)CCCN. The molecule has 0 unspecified atom stereocenters. The van der Waals surface area contributed by atoms with E-state index in [0.29, 0.717) is 19.4 Å². The van der Waals surface area contributed by atoms with Crippen molar-refractivity contribution in [1.29, 1.82) is 0 Å². The Morgan fingerprint density at radius 2 is 2.20 bits per heavy atom. The number of hydrogen-bond donors (Lipinski definition) is 1. The molecule has 0 radical (unpaired) electrons. The smallest absolute Gasteiger partial charge is 0.306 e. The molecule has 10 heavy (non-hydrogen) atoms. The first kappa shape index (κ1) is 9.43. The molecule has 60 valence electrons. The molecule has 0 spiro atoms. The fourth-order valence-electron chi connectivity index (χ4n) is 0.568. The number of ether oxygens (including phenoxy) is 1. The Balaban J connectivity index is 3.26. The summed E-state index contributed by atoms with van der Waals surface area (Å²) in [5, 5.41) is 0. The van der Waals surface area contributed by atoms with E-state index in [1.54, 1.807) is 0 Å². The maximum atomic E-state index is 10.7. The summed E-state index contributed by atoms with van der Waals surface area (Å²) in [4.78, 5) is 10.7. The molecule has 0 saturated heterocycles. The zero-order chi connectivity index (χ0) is 7.98. The van der Waals surface area contributed by atoms with Crippen molar-refractivity contribution in [2.75, 3.05) is 6.54 Å². The van der Waals surface area contributed by atoms with Gasteiger partial charge in [-0.25, -0.2) is 0 Å². The van der Waals surface area contributed by atoms with Crippen molar-refractivity contribution in [3.8, 4) is 0 Å². The Morgan fingerprint density at radius 1 is 1.60 bits per heavy atom. The van der Waals surface area contributed by atoms with Crippen LogP contribution < -0.4 is 5.73 Å². The molecule has 0 heterocycles. The first-order valence-corrected chi connectivity index (χ1v) is 3.56. The zero-order valence-corrected chi connectivity index (χ0v) is 6.59. The lowest BCUT2D eigenvalue weighted by Crippen LogP contribution is -2.12. The monoisotopic (exact) mass is 145 g/mol. The van der Waals surface area contributed by atoms with Gasteiger partial charge >= 0.3 is 5.97 Å². The summed E-state index contributed by atoms with van der Waals surface area (Å²) in [5.41, 5.74) is 5.20. The largest absolute Gasteiger partial charge is 0.463 e. The van der Waals surface area contributed by atoms with Crippen LogP contribution in [0.3, 0.4) is 0 Å². The van der Waals surface area contributed by atoms with Crippen LogP contribution in [0.15, 0.2) is 0 Å². The van der Waals surface area contributed by atoms with Crippen LogP contribution in [0.5, 0.6) is 0 Å². The second-order valence-electron chi connectivity index (χ2n) is 2.43. The quantitative estimate of drug-likeness (QED) is 0.592. The minimum Gasteiger partial charge on any atom is -0.463 e. The average Bonchev–Trinajstić information content (AvgIpc) is 1.82. The van der Waals surface area contributed by atoms with E-state index in [4.69, 9.17) is 10.5 Å². The van der Waals surface area contributed by atoms with Crippen LogP contribution in [0.4, 0.5) is 0 Å². The van der Waals surface area contributed by atoms with Gasteiger partial charge in [0.05, 0.1) is 6.10 Å². The topological polar surface area (TPSA) is 52.3 Å². The van der Waals surface area contributed by atoms with Gasteiger partial charge in [-0.05, 0) is 26.8 Å². The zero-order valence-electron chi connectivity index (χ0n) is 6.59. The van der Waals surface area contributed by atoms with Crippen molar-refractivity contribution in [3.05, 3.63) is 0 Å².